The average Bonchev–Trinajstić information content (AvgIpc) is 2.76. The number of aromatic nitrogens is 2. The summed E-state index contributed by atoms with van der Waals surface area (Å²) in [6, 6.07) is 4.02. The topological polar surface area (TPSA) is 38.1 Å². The van der Waals surface area contributed by atoms with Crippen LogP contribution in [0.5, 0.6) is 0 Å². The molecule has 0 aliphatic rings. The van der Waals surface area contributed by atoms with E-state index in [1.165, 1.54) is 6.07 Å². The van der Waals surface area contributed by atoms with E-state index in [0.29, 0.717) is 18.4 Å². The Hall–Kier alpha value is -1.75. The quantitative estimate of drug-likeness (QED) is 0.924. The number of nitrogens with zero attached hydrogens (tertiary/aromatic N) is 2. The second-order valence-electron chi connectivity index (χ2n) is 4.62. The monoisotopic (exact) mass is 266 g/mol. The molecule has 2 rings (SSSR count). The molecule has 0 aliphatic heterocycles. The summed E-state index contributed by atoms with van der Waals surface area (Å²) in [6.45, 7) is 1.55. The lowest BCUT2D eigenvalue weighted by Crippen LogP contribution is -2.06. The minimum atomic E-state index is -0.950. The van der Waals surface area contributed by atoms with Crippen molar-refractivity contribution in [1.29, 1.82) is 0 Å². The maximum atomic E-state index is 13.6. The number of aliphatic hydroxyl groups is 1. The number of hydrogen-bond acceptors (Lipinski definition) is 2. The van der Waals surface area contributed by atoms with Gasteiger partial charge in [0.2, 0.25) is 0 Å². The van der Waals surface area contributed by atoms with Crippen LogP contribution in [-0.4, -0.2) is 14.9 Å². The molecule has 0 spiro atoms. The number of halogens is 2. The van der Waals surface area contributed by atoms with E-state index in [0.717, 1.165) is 11.8 Å². The molecule has 1 heterocycles. The van der Waals surface area contributed by atoms with Crippen LogP contribution in [-0.2, 0) is 13.5 Å². The van der Waals surface area contributed by atoms with Crippen LogP contribution in [0.2, 0.25) is 0 Å². The van der Waals surface area contributed by atoms with Crippen molar-refractivity contribution in [3.63, 3.8) is 0 Å². The van der Waals surface area contributed by atoms with Gasteiger partial charge in [-0.2, -0.15) is 5.10 Å². The molecule has 1 aromatic carbocycles. The smallest absolute Gasteiger partial charge is 0.131 e. The second kappa shape index (κ2) is 5.48. The van der Waals surface area contributed by atoms with Crippen LogP contribution in [0.3, 0.4) is 0 Å². The molecule has 0 fully saturated rings. The van der Waals surface area contributed by atoms with E-state index < -0.39 is 17.7 Å². The fraction of sp³-hybridized carbons (Fsp3) is 0.357. The van der Waals surface area contributed by atoms with E-state index in [1.54, 1.807) is 17.8 Å². The Kier molecular flexibility index (Phi) is 3.95. The van der Waals surface area contributed by atoms with Gasteiger partial charge in [-0.05, 0) is 37.5 Å². The Morgan fingerprint density at radius 3 is 2.68 bits per heavy atom. The number of aliphatic hydroxyl groups excluding tert-OH is 1. The highest BCUT2D eigenvalue weighted by atomic mass is 19.1. The third kappa shape index (κ3) is 2.98. The molecule has 0 aliphatic carbocycles. The van der Waals surface area contributed by atoms with Crippen LogP contribution in [0.4, 0.5) is 8.78 Å². The fourth-order valence-electron chi connectivity index (χ4n) is 2.02. The maximum absolute atomic E-state index is 13.6. The lowest BCUT2D eigenvalue weighted by molar-refractivity contribution is 0.162. The first-order valence-electron chi connectivity index (χ1n) is 6.09. The summed E-state index contributed by atoms with van der Waals surface area (Å²) in [5, 5.41) is 14.0. The third-order valence-corrected chi connectivity index (χ3v) is 3.23. The van der Waals surface area contributed by atoms with Gasteiger partial charge in [-0.25, -0.2) is 8.78 Å². The van der Waals surface area contributed by atoms with Gasteiger partial charge < -0.3 is 5.11 Å². The van der Waals surface area contributed by atoms with Crippen LogP contribution in [0.1, 0.15) is 29.3 Å². The molecule has 0 saturated carbocycles. The predicted molar refractivity (Wildman–Crippen MR) is 67.6 cm³/mol. The van der Waals surface area contributed by atoms with Gasteiger partial charge in [0.15, 0.2) is 0 Å². The van der Waals surface area contributed by atoms with Gasteiger partial charge in [0.25, 0.3) is 0 Å². The van der Waals surface area contributed by atoms with E-state index >= 15 is 0 Å². The van der Waals surface area contributed by atoms with Gasteiger partial charge in [0.1, 0.15) is 11.6 Å². The van der Waals surface area contributed by atoms with E-state index in [2.05, 4.69) is 5.10 Å². The Morgan fingerprint density at radius 1 is 1.32 bits per heavy atom. The molecule has 1 atom stereocenters. The summed E-state index contributed by atoms with van der Waals surface area (Å²) in [6.07, 6.45) is 1.66. The first-order valence-corrected chi connectivity index (χ1v) is 6.09. The molecule has 5 heteroatoms. The highest BCUT2D eigenvalue weighted by molar-refractivity contribution is 5.27. The number of rotatable bonds is 4. The molecule has 2 aromatic rings. The molecule has 102 valence electrons. The van der Waals surface area contributed by atoms with E-state index in [4.69, 9.17) is 0 Å². The van der Waals surface area contributed by atoms with Crippen molar-refractivity contribution in [2.75, 3.05) is 0 Å². The summed E-state index contributed by atoms with van der Waals surface area (Å²) in [5.41, 5.74) is 1.43. The molecular formula is C14H16F2N2O. The van der Waals surface area contributed by atoms with Crippen molar-refractivity contribution in [1.82, 2.24) is 9.78 Å². The average molecular weight is 266 g/mol. The van der Waals surface area contributed by atoms with Crippen molar-refractivity contribution in [2.45, 2.75) is 25.9 Å². The highest BCUT2D eigenvalue weighted by Crippen LogP contribution is 2.24. The van der Waals surface area contributed by atoms with Gasteiger partial charge in [0.05, 0.1) is 6.10 Å². The number of benzene rings is 1. The van der Waals surface area contributed by atoms with Gasteiger partial charge in [-0.15, -0.1) is 0 Å². The lowest BCUT2D eigenvalue weighted by atomic mass is 10.0. The minimum Gasteiger partial charge on any atom is -0.388 e. The minimum absolute atomic E-state index is 0.140. The first kappa shape index (κ1) is 13.7. The zero-order valence-corrected chi connectivity index (χ0v) is 10.9. The Bertz CT molecular complexity index is 581. The molecule has 1 N–H and O–H groups in total. The zero-order chi connectivity index (χ0) is 14.0. The Labute approximate surface area is 110 Å². The third-order valence-electron chi connectivity index (χ3n) is 3.23. The zero-order valence-electron chi connectivity index (χ0n) is 10.9. The van der Waals surface area contributed by atoms with E-state index in [9.17, 15) is 13.9 Å². The van der Waals surface area contributed by atoms with Crippen molar-refractivity contribution < 1.29 is 13.9 Å². The molecule has 0 bridgehead atoms. The number of aryl methyl sites for hydroxylation is 3. The summed E-state index contributed by atoms with van der Waals surface area (Å²) in [7, 11) is 1.81. The summed E-state index contributed by atoms with van der Waals surface area (Å²) >= 11 is 0. The molecule has 0 amide bonds. The standard InChI is InChI=1S/C14H16F2N2O/c1-9-7-11(13(16)8-12(9)15)14(19)4-3-10-5-6-17-18(10)2/h5-8,14,19H,3-4H2,1-2H3. The van der Waals surface area contributed by atoms with Gasteiger partial charge >= 0.3 is 0 Å². The maximum Gasteiger partial charge on any atom is 0.131 e. The van der Waals surface area contributed by atoms with Gasteiger partial charge in [0, 0.05) is 30.6 Å². The van der Waals surface area contributed by atoms with Crippen LogP contribution >= 0.6 is 0 Å². The van der Waals surface area contributed by atoms with Crippen molar-refractivity contribution in [3.05, 3.63) is 52.9 Å². The first-order chi connectivity index (χ1) is 8.99. The van der Waals surface area contributed by atoms with E-state index in [1.807, 2.05) is 13.1 Å². The summed E-state index contributed by atoms with van der Waals surface area (Å²) in [4.78, 5) is 0. The van der Waals surface area contributed by atoms with Crippen molar-refractivity contribution in [3.8, 4) is 0 Å². The molecule has 1 unspecified atom stereocenters. The summed E-state index contributed by atoms with van der Waals surface area (Å²) < 4.78 is 28.5. The van der Waals surface area contributed by atoms with E-state index in [-0.39, 0.29) is 5.56 Å². The Balaban J connectivity index is 2.10. The van der Waals surface area contributed by atoms with Gasteiger partial charge in [-0.3, -0.25) is 4.68 Å². The molecule has 0 saturated heterocycles. The molecular weight excluding hydrogens is 250 g/mol. The SMILES string of the molecule is Cc1cc(C(O)CCc2ccnn2C)c(F)cc1F. The largest absolute Gasteiger partial charge is 0.388 e. The van der Waals surface area contributed by atoms with Gasteiger partial charge in [-0.1, -0.05) is 0 Å². The highest BCUT2D eigenvalue weighted by Gasteiger charge is 2.15. The van der Waals surface area contributed by atoms with Crippen LogP contribution in [0, 0.1) is 18.6 Å². The van der Waals surface area contributed by atoms with Crippen LogP contribution in [0.25, 0.3) is 0 Å². The second-order valence-corrected chi connectivity index (χ2v) is 4.62. The van der Waals surface area contributed by atoms with Crippen LogP contribution < -0.4 is 0 Å². The molecule has 3 nitrogen and oxygen atoms in total. The normalized spacial score (nSPS) is 12.7. The fourth-order valence-corrected chi connectivity index (χ4v) is 2.02. The molecule has 1 aromatic heterocycles. The van der Waals surface area contributed by atoms with Crippen molar-refractivity contribution >= 4 is 0 Å². The number of hydrogen-bond donors (Lipinski definition) is 1. The lowest BCUT2D eigenvalue weighted by Gasteiger charge is -2.13. The van der Waals surface area contributed by atoms with Crippen molar-refractivity contribution in [2.24, 2.45) is 7.05 Å². The molecule has 0 radical (unpaired) electrons. The molecule has 19 heavy (non-hydrogen) atoms. The predicted octanol–water partition coefficient (Wildman–Crippen LogP) is 2.67. The van der Waals surface area contributed by atoms with Crippen LogP contribution in [0.15, 0.2) is 24.4 Å². The Morgan fingerprint density at radius 2 is 2.05 bits per heavy atom. The summed E-state index contributed by atoms with van der Waals surface area (Å²) in [5.74, 6) is -1.30.